The molecule has 7 nitrogen and oxygen atoms in total. The van der Waals surface area contributed by atoms with Crippen molar-refractivity contribution < 1.29 is 19.1 Å². The molecule has 2 amide bonds. The first kappa shape index (κ1) is 27.5. The van der Waals surface area contributed by atoms with Gasteiger partial charge in [-0.1, -0.05) is 61.4 Å². The van der Waals surface area contributed by atoms with Gasteiger partial charge in [-0.05, 0) is 68.1 Å². The van der Waals surface area contributed by atoms with E-state index in [1.807, 2.05) is 83.1 Å². The maximum absolute atomic E-state index is 12.8. The zero-order valence-electron chi connectivity index (χ0n) is 22.1. The summed E-state index contributed by atoms with van der Waals surface area (Å²) in [4.78, 5) is 25.4. The summed E-state index contributed by atoms with van der Waals surface area (Å²) >= 11 is 0. The number of nitrogens with zero attached hydrogens (tertiary/aromatic N) is 1. The van der Waals surface area contributed by atoms with Gasteiger partial charge in [0.25, 0.3) is 11.8 Å². The van der Waals surface area contributed by atoms with E-state index in [0.29, 0.717) is 30.3 Å². The van der Waals surface area contributed by atoms with E-state index in [-0.39, 0.29) is 11.8 Å². The summed E-state index contributed by atoms with van der Waals surface area (Å²) in [5, 5.41) is 6.90. The highest BCUT2D eigenvalue weighted by Gasteiger charge is 2.24. The molecule has 1 unspecified atom stereocenters. The first-order valence-electron chi connectivity index (χ1n) is 12.4. The fourth-order valence-corrected chi connectivity index (χ4v) is 3.66. The van der Waals surface area contributed by atoms with Crippen LogP contribution in [-0.2, 0) is 11.4 Å². The molecule has 0 fully saturated rings. The molecule has 0 aliphatic heterocycles. The van der Waals surface area contributed by atoms with Gasteiger partial charge in [0.1, 0.15) is 12.6 Å². The number of ether oxygens (including phenoxy) is 2. The number of benzene rings is 3. The summed E-state index contributed by atoms with van der Waals surface area (Å²) in [7, 11) is 0. The van der Waals surface area contributed by atoms with Gasteiger partial charge in [0.2, 0.25) is 0 Å². The fourth-order valence-electron chi connectivity index (χ4n) is 3.66. The largest absolute Gasteiger partial charge is 0.490 e. The summed E-state index contributed by atoms with van der Waals surface area (Å²) in [6.45, 7) is 10.5. The Morgan fingerprint density at radius 3 is 2.35 bits per heavy atom. The molecule has 0 heterocycles. The molecule has 0 radical (unpaired) electrons. The molecular formula is C30H35N3O4. The third kappa shape index (κ3) is 8.20. The van der Waals surface area contributed by atoms with E-state index in [4.69, 9.17) is 9.47 Å². The first-order valence-corrected chi connectivity index (χ1v) is 12.4. The van der Waals surface area contributed by atoms with Gasteiger partial charge in [-0.25, -0.2) is 5.43 Å². The summed E-state index contributed by atoms with van der Waals surface area (Å²) in [6, 6.07) is 20.1. The van der Waals surface area contributed by atoms with E-state index < -0.39 is 11.9 Å². The smallest absolute Gasteiger partial charge is 0.262 e. The molecule has 7 heteroatoms. The number of aryl methyl sites for hydroxylation is 2. The van der Waals surface area contributed by atoms with Crippen LogP contribution in [0, 0.1) is 19.8 Å². The van der Waals surface area contributed by atoms with Crippen LogP contribution in [0.4, 0.5) is 0 Å². The molecule has 0 aliphatic carbocycles. The van der Waals surface area contributed by atoms with Crippen LogP contribution < -0.4 is 20.2 Å². The second kappa shape index (κ2) is 13.3. The lowest BCUT2D eigenvalue weighted by molar-refractivity contribution is -0.123. The molecule has 0 aliphatic rings. The minimum atomic E-state index is -0.734. The first-order chi connectivity index (χ1) is 17.8. The number of hydrogen-bond donors (Lipinski definition) is 2. The van der Waals surface area contributed by atoms with Gasteiger partial charge in [0.15, 0.2) is 11.5 Å². The fraction of sp³-hybridized carbons (Fsp3) is 0.300. The van der Waals surface area contributed by atoms with Crippen molar-refractivity contribution >= 4 is 18.0 Å². The van der Waals surface area contributed by atoms with Crippen molar-refractivity contribution in [3.63, 3.8) is 0 Å². The average Bonchev–Trinajstić information content (AvgIpc) is 2.87. The molecule has 0 bridgehead atoms. The monoisotopic (exact) mass is 501 g/mol. The van der Waals surface area contributed by atoms with Gasteiger partial charge in [0, 0.05) is 5.56 Å². The highest BCUT2D eigenvalue weighted by atomic mass is 16.5. The minimum absolute atomic E-state index is 0.126. The SMILES string of the molecule is CCOc1cc(C=NNC(=O)C(NC(=O)c2ccc(C)cc2)C(C)C)ccc1OCc1cccc(C)c1. The van der Waals surface area contributed by atoms with Crippen LogP contribution in [0.25, 0.3) is 0 Å². The van der Waals surface area contributed by atoms with Gasteiger partial charge in [0.05, 0.1) is 12.8 Å². The Bertz CT molecular complexity index is 1240. The number of hydrazone groups is 1. The number of carbonyl (C=O) groups is 2. The predicted octanol–water partition coefficient (Wildman–Crippen LogP) is 5.19. The molecule has 37 heavy (non-hydrogen) atoms. The van der Waals surface area contributed by atoms with Gasteiger partial charge < -0.3 is 14.8 Å². The highest BCUT2D eigenvalue weighted by Crippen LogP contribution is 2.29. The normalized spacial score (nSPS) is 11.8. The van der Waals surface area contributed by atoms with Crippen LogP contribution in [0.15, 0.2) is 71.8 Å². The van der Waals surface area contributed by atoms with Crippen molar-refractivity contribution in [1.29, 1.82) is 0 Å². The molecule has 2 N–H and O–H groups in total. The zero-order valence-corrected chi connectivity index (χ0v) is 22.1. The van der Waals surface area contributed by atoms with Gasteiger partial charge in [-0.15, -0.1) is 0 Å². The van der Waals surface area contributed by atoms with Crippen LogP contribution in [0.1, 0.15) is 53.4 Å². The molecule has 0 spiro atoms. The maximum atomic E-state index is 12.8. The van der Waals surface area contributed by atoms with Crippen molar-refractivity contribution in [2.45, 2.75) is 47.3 Å². The van der Waals surface area contributed by atoms with E-state index in [9.17, 15) is 9.59 Å². The molecule has 3 rings (SSSR count). The molecule has 3 aromatic rings. The Morgan fingerprint density at radius 1 is 0.919 bits per heavy atom. The Balaban J connectivity index is 1.63. The molecular weight excluding hydrogens is 466 g/mol. The van der Waals surface area contributed by atoms with Crippen LogP contribution in [0.5, 0.6) is 11.5 Å². The van der Waals surface area contributed by atoms with E-state index in [0.717, 1.165) is 16.7 Å². The Hall–Kier alpha value is -4.13. The molecule has 0 aromatic heterocycles. The number of carbonyl (C=O) groups excluding carboxylic acids is 2. The lowest BCUT2D eigenvalue weighted by atomic mass is 10.0. The maximum Gasteiger partial charge on any atom is 0.262 e. The third-order valence-electron chi connectivity index (χ3n) is 5.68. The van der Waals surface area contributed by atoms with Gasteiger partial charge >= 0.3 is 0 Å². The third-order valence-corrected chi connectivity index (χ3v) is 5.68. The number of rotatable bonds is 11. The quantitative estimate of drug-likeness (QED) is 0.280. The van der Waals surface area contributed by atoms with Crippen molar-refractivity contribution in [2.24, 2.45) is 11.0 Å². The molecule has 194 valence electrons. The number of amides is 2. The highest BCUT2D eigenvalue weighted by molar-refractivity contribution is 5.97. The average molecular weight is 502 g/mol. The summed E-state index contributed by atoms with van der Waals surface area (Å²) in [6.07, 6.45) is 1.53. The standard InChI is InChI=1S/C30H35N3O4/c1-6-36-27-17-23(12-15-26(27)37-19-24-9-7-8-22(5)16-24)18-31-33-30(35)28(20(2)3)32-29(34)25-13-10-21(4)11-14-25/h7-18,20,28H,6,19H2,1-5H3,(H,32,34)(H,33,35). The van der Waals surface area contributed by atoms with E-state index in [1.54, 1.807) is 12.1 Å². The molecule has 3 aromatic carbocycles. The van der Waals surface area contributed by atoms with Crippen molar-refractivity contribution in [3.05, 3.63) is 94.5 Å². The number of nitrogens with one attached hydrogen (secondary N) is 2. The summed E-state index contributed by atoms with van der Waals surface area (Å²) < 4.78 is 11.7. The minimum Gasteiger partial charge on any atom is -0.490 e. The second-order valence-electron chi connectivity index (χ2n) is 9.21. The number of hydrogen-bond acceptors (Lipinski definition) is 5. The summed E-state index contributed by atoms with van der Waals surface area (Å²) in [5.74, 6) is 0.397. The lowest BCUT2D eigenvalue weighted by Crippen LogP contribution is -2.48. The van der Waals surface area contributed by atoms with Crippen molar-refractivity contribution in [1.82, 2.24) is 10.7 Å². The topological polar surface area (TPSA) is 89.0 Å². The molecule has 1 atom stereocenters. The van der Waals surface area contributed by atoms with E-state index >= 15 is 0 Å². The lowest BCUT2D eigenvalue weighted by Gasteiger charge is -2.20. The van der Waals surface area contributed by atoms with E-state index in [1.165, 1.54) is 11.8 Å². The van der Waals surface area contributed by atoms with Gasteiger partial charge in [-0.2, -0.15) is 5.10 Å². The summed E-state index contributed by atoms with van der Waals surface area (Å²) in [5.41, 5.74) is 7.08. The second-order valence-corrected chi connectivity index (χ2v) is 9.21. The van der Waals surface area contributed by atoms with Crippen LogP contribution in [-0.4, -0.2) is 30.7 Å². The van der Waals surface area contributed by atoms with Gasteiger partial charge in [-0.3, -0.25) is 9.59 Å². The van der Waals surface area contributed by atoms with Crippen LogP contribution in [0.2, 0.25) is 0 Å². The Labute approximate surface area is 218 Å². The Kier molecular flexibility index (Phi) is 9.84. The van der Waals surface area contributed by atoms with Crippen molar-refractivity contribution in [3.8, 4) is 11.5 Å². The predicted molar refractivity (Wildman–Crippen MR) is 146 cm³/mol. The Morgan fingerprint density at radius 2 is 1.68 bits per heavy atom. The van der Waals surface area contributed by atoms with Crippen LogP contribution in [0.3, 0.4) is 0 Å². The molecule has 0 saturated carbocycles. The van der Waals surface area contributed by atoms with Crippen molar-refractivity contribution in [2.75, 3.05) is 6.61 Å². The van der Waals surface area contributed by atoms with Crippen LogP contribution >= 0.6 is 0 Å². The molecule has 0 saturated heterocycles. The zero-order chi connectivity index (χ0) is 26.8. The van der Waals surface area contributed by atoms with E-state index in [2.05, 4.69) is 21.9 Å².